The van der Waals surface area contributed by atoms with Crippen molar-refractivity contribution in [1.82, 2.24) is 10.6 Å². The Bertz CT molecular complexity index is 675. The molecule has 1 aromatic rings. The van der Waals surface area contributed by atoms with Gasteiger partial charge in [0, 0.05) is 44.2 Å². The van der Waals surface area contributed by atoms with E-state index in [1.165, 1.54) is 7.11 Å². The van der Waals surface area contributed by atoms with E-state index in [-0.39, 0.29) is 29.9 Å². The van der Waals surface area contributed by atoms with Crippen LogP contribution in [0.25, 0.3) is 0 Å². The number of aliphatic imine (C=N–C) groups is 1. The van der Waals surface area contributed by atoms with Crippen LogP contribution in [-0.4, -0.2) is 58.9 Å². The number of benzene rings is 1. The molecule has 1 aliphatic rings. The van der Waals surface area contributed by atoms with E-state index in [2.05, 4.69) is 25.3 Å². The second-order valence-electron chi connectivity index (χ2n) is 6.78. The smallest absolute Gasteiger partial charge is 0.305 e. The Balaban J connectivity index is 0.00000420. The van der Waals surface area contributed by atoms with Crippen LogP contribution in [0.2, 0.25) is 5.02 Å². The lowest BCUT2D eigenvalue weighted by Crippen LogP contribution is -2.44. The highest BCUT2D eigenvalue weighted by Crippen LogP contribution is 2.33. The molecule has 0 aromatic heterocycles. The number of rotatable bonds is 9. The topological polar surface area (TPSA) is 75.2 Å². The molecule has 1 saturated heterocycles. The van der Waals surface area contributed by atoms with Crippen molar-refractivity contribution < 1.29 is 14.3 Å². The van der Waals surface area contributed by atoms with E-state index < -0.39 is 0 Å². The average Bonchev–Trinajstić information content (AvgIpc) is 3.17. The molecule has 164 valence electrons. The van der Waals surface area contributed by atoms with E-state index in [4.69, 9.17) is 16.3 Å². The highest BCUT2D eigenvalue weighted by atomic mass is 127. The molecular weight excluding hydrogens is 507 g/mol. The summed E-state index contributed by atoms with van der Waals surface area (Å²) < 4.78 is 10.1. The lowest BCUT2D eigenvalue weighted by Gasteiger charge is -2.22. The van der Waals surface area contributed by atoms with Gasteiger partial charge in [-0.15, -0.1) is 24.0 Å². The third kappa shape index (κ3) is 8.46. The van der Waals surface area contributed by atoms with Crippen molar-refractivity contribution in [3.63, 3.8) is 0 Å². The van der Waals surface area contributed by atoms with Crippen LogP contribution in [0, 0.1) is 0 Å². The van der Waals surface area contributed by atoms with Gasteiger partial charge in [0.2, 0.25) is 0 Å². The number of hydrogen-bond acceptors (Lipinski definition) is 5. The number of carbonyl (C=O) groups excluding carboxylic acids is 1. The number of carbonyl (C=O) groups is 1. The Morgan fingerprint density at radius 1 is 1.31 bits per heavy atom. The largest absolute Gasteiger partial charge is 0.495 e. The van der Waals surface area contributed by atoms with Gasteiger partial charge in [0.15, 0.2) is 5.96 Å². The normalized spacial score (nSPS) is 16.2. The number of anilines is 1. The zero-order chi connectivity index (χ0) is 20.4. The van der Waals surface area contributed by atoms with E-state index >= 15 is 0 Å². The summed E-state index contributed by atoms with van der Waals surface area (Å²) in [4.78, 5) is 17.7. The summed E-state index contributed by atoms with van der Waals surface area (Å²) in [5.41, 5.74) is 1.02. The van der Waals surface area contributed by atoms with Gasteiger partial charge in [-0.2, -0.15) is 0 Å². The molecule has 1 fully saturated rings. The highest BCUT2D eigenvalue weighted by molar-refractivity contribution is 14.0. The molecule has 0 aliphatic carbocycles. The first-order chi connectivity index (χ1) is 13.6. The first-order valence-electron chi connectivity index (χ1n) is 9.70. The summed E-state index contributed by atoms with van der Waals surface area (Å²) in [6, 6.07) is 5.99. The molecule has 2 N–H and O–H groups in total. The molecule has 9 heteroatoms. The molecule has 7 nitrogen and oxygen atoms in total. The van der Waals surface area contributed by atoms with Crippen LogP contribution in [-0.2, 0) is 9.53 Å². The molecule has 2 rings (SSSR count). The summed E-state index contributed by atoms with van der Waals surface area (Å²) in [7, 11) is 4.88. The van der Waals surface area contributed by atoms with E-state index in [1.54, 1.807) is 14.2 Å². The van der Waals surface area contributed by atoms with Gasteiger partial charge in [-0.1, -0.05) is 18.0 Å². The van der Waals surface area contributed by atoms with Crippen molar-refractivity contribution in [2.45, 2.75) is 38.1 Å². The van der Waals surface area contributed by atoms with E-state index in [0.717, 1.165) is 62.7 Å². The number of hydrogen-bond donors (Lipinski definition) is 2. The second kappa shape index (κ2) is 13.7. The number of halogens is 2. The lowest BCUT2D eigenvalue weighted by molar-refractivity contribution is -0.140. The fourth-order valence-electron chi connectivity index (χ4n) is 3.28. The summed E-state index contributed by atoms with van der Waals surface area (Å²) in [5.74, 6) is 1.49. The number of methoxy groups -OCH3 is 2. The van der Waals surface area contributed by atoms with E-state index in [9.17, 15) is 4.79 Å². The highest BCUT2D eigenvalue weighted by Gasteiger charge is 2.25. The first kappa shape index (κ1) is 25.6. The van der Waals surface area contributed by atoms with Crippen molar-refractivity contribution in [3.8, 4) is 5.75 Å². The Hall–Kier alpha value is -1.42. The Labute approximate surface area is 195 Å². The maximum absolute atomic E-state index is 11.1. The van der Waals surface area contributed by atoms with Gasteiger partial charge in [0.05, 0.1) is 19.9 Å². The Morgan fingerprint density at radius 2 is 2.10 bits per heavy atom. The van der Waals surface area contributed by atoms with Gasteiger partial charge in [0.1, 0.15) is 5.75 Å². The van der Waals surface area contributed by atoms with Crippen LogP contribution in [0.1, 0.15) is 32.1 Å². The van der Waals surface area contributed by atoms with Crippen LogP contribution in [0.3, 0.4) is 0 Å². The average molecular weight is 539 g/mol. The fourth-order valence-corrected chi connectivity index (χ4v) is 3.44. The maximum Gasteiger partial charge on any atom is 0.305 e. The fraction of sp³-hybridized carbons (Fsp3) is 0.600. The van der Waals surface area contributed by atoms with Crippen molar-refractivity contribution in [3.05, 3.63) is 23.2 Å². The molecule has 0 bridgehead atoms. The standard InChI is InChI=1S/C20H31ClN4O3.HI/c1-22-20(23-11-6-4-5-7-19(26)28-3)24-16-10-12-25(14-16)17-13-15(21)8-9-18(17)27-2;/h8-9,13,16H,4-7,10-12,14H2,1-3H3,(H2,22,23,24);1H. The van der Waals surface area contributed by atoms with Crippen molar-refractivity contribution >= 4 is 53.2 Å². The summed E-state index contributed by atoms with van der Waals surface area (Å²) in [6.45, 7) is 2.61. The minimum absolute atomic E-state index is 0. The number of nitrogens with one attached hydrogen (secondary N) is 2. The summed E-state index contributed by atoms with van der Waals surface area (Å²) in [5, 5.41) is 7.53. The lowest BCUT2D eigenvalue weighted by atomic mass is 10.2. The molecular formula is C20H32ClIN4O3. The summed E-state index contributed by atoms with van der Waals surface area (Å²) >= 11 is 6.16. The predicted molar refractivity (Wildman–Crippen MR) is 129 cm³/mol. The van der Waals surface area contributed by atoms with E-state index in [0.29, 0.717) is 17.5 Å². The van der Waals surface area contributed by atoms with Crippen LogP contribution in [0.4, 0.5) is 5.69 Å². The SMILES string of the molecule is CN=C(NCCCCCC(=O)OC)NC1CCN(c2cc(Cl)ccc2OC)C1.I. The molecule has 1 atom stereocenters. The van der Waals surface area contributed by atoms with E-state index in [1.807, 2.05) is 18.2 Å². The van der Waals surface area contributed by atoms with Crippen molar-refractivity contribution in [2.24, 2.45) is 4.99 Å². The van der Waals surface area contributed by atoms with Crippen LogP contribution >= 0.6 is 35.6 Å². The number of guanidine groups is 1. The molecule has 0 saturated carbocycles. The Morgan fingerprint density at radius 3 is 2.79 bits per heavy atom. The van der Waals surface area contributed by atoms with Gasteiger partial charge >= 0.3 is 5.97 Å². The van der Waals surface area contributed by atoms with Gasteiger partial charge in [-0.3, -0.25) is 9.79 Å². The summed E-state index contributed by atoms with van der Waals surface area (Å²) in [6.07, 6.45) is 4.29. The van der Waals surface area contributed by atoms with Gasteiger partial charge in [0.25, 0.3) is 0 Å². The number of ether oxygens (including phenoxy) is 2. The molecule has 1 aliphatic heterocycles. The molecule has 1 aromatic carbocycles. The first-order valence-corrected chi connectivity index (χ1v) is 10.1. The Kier molecular flexibility index (Phi) is 12.1. The third-order valence-corrected chi connectivity index (χ3v) is 5.05. The van der Waals surface area contributed by atoms with Crippen molar-refractivity contribution in [2.75, 3.05) is 45.8 Å². The predicted octanol–water partition coefficient (Wildman–Crippen LogP) is 3.44. The maximum atomic E-state index is 11.1. The van der Waals surface area contributed by atoms with Crippen LogP contribution < -0.4 is 20.3 Å². The number of unbranched alkanes of at least 4 members (excludes halogenated alkanes) is 2. The second-order valence-corrected chi connectivity index (χ2v) is 7.21. The third-order valence-electron chi connectivity index (χ3n) is 4.81. The van der Waals surface area contributed by atoms with Crippen molar-refractivity contribution in [1.29, 1.82) is 0 Å². The molecule has 1 unspecified atom stereocenters. The van der Waals surface area contributed by atoms with Gasteiger partial charge in [-0.05, 0) is 37.5 Å². The van der Waals surface area contributed by atoms with Crippen LogP contribution in [0.5, 0.6) is 5.75 Å². The quantitative estimate of drug-likeness (QED) is 0.165. The molecule has 1 heterocycles. The molecule has 0 radical (unpaired) electrons. The molecule has 0 spiro atoms. The zero-order valence-electron chi connectivity index (χ0n) is 17.4. The van der Waals surface area contributed by atoms with Gasteiger partial charge in [-0.25, -0.2) is 0 Å². The minimum Gasteiger partial charge on any atom is -0.495 e. The monoisotopic (exact) mass is 538 g/mol. The minimum atomic E-state index is -0.146. The van der Waals surface area contributed by atoms with Gasteiger partial charge < -0.3 is 25.0 Å². The molecule has 0 amide bonds. The zero-order valence-corrected chi connectivity index (χ0v) is 20.5. The number of nitrogens with zero attached hydrogens (tertiary/aromatic N) is 2. The van der Waals surface area contributed by atoms with Crippen LogP contribution in [0.15, 0.2) is 23.2 Å². The molecule has 29 heavy (non-hydrogen) atoms. The number of esters is 1.